The Morgan fingerprint density at radius 3 is 2.94 bits per heavy atom. The average Bonchev–Trinajstić information content (AvgIpc) is 2.37. The summed E-state index contributed by atoms with van der Waals surface area (Å²) in [6.45, 7) is 2.36. The Labute approximate surface area is 104 Å². The number of piperidine rings is 1. The van der Waals surface area contributed by atoms with Gasteiger partial charge in [-0.15, -0.1) is 0 Å². The van der Waals surface area contributed by atoms with E-state index in [1.54, 1.807) is 0 Å². The molecule has 3 nitrogen and oxygen atoms in total. The summed E-state index contributed by atoms with van der Waals surface area (Å²) in [5.41, 5.74) is -0.700. The fourth-order valence-electron chi connectivity index (χ4n) is 2.11. The standard InChI is InChI=1S/C12H16F3N3/c13-12(14,15)10-4-2-6-17-11(10)18-8-9-3-1-5-16-7-9/h2,4,6,9,16H,1,3,5,7-8H2,(H,17,18). The van der Waals surface area contributed by atoms with Gasteiger partial charge in [-0.25, -0.2) is 4.98 Å². The third-order valence-corrected chi connectivity index (χ3v) is 3.07. The second kappa shape index (κ2) is 5.56. The van der Waals surface area contributed by atoms with Crippen molar-refractivity contribution >= 4 is 5.82 Å². The van der Waals surface area contributed by atoms with E-state index in [1.807, 2.05) is 0 Å². The van der Waals surface area contributed by atoms with Crippen LogP contribution in [0.15, 0.2) is 18.3 Å². The summed E-state index contributed by atoms with van der Waals surface area (Å²) in [5.74, 6) is 0.289. The molecule has 1 aromatic rings. The summed E-state index contributed by atoms with van der Waals surface area (Å²) in [6, 6.07) is 2.35. The van der Waals surface area contributed by atoms with Crippen molar-refractivity contribution in [1.82, 2.24) is 10.3 Å². The van der Waals surface area contributed by atoms with Crippen LogP contribution in [0.2, 0.25) is 0 Å². The van der Waals surface area contributed by atoms with Gasteiger partial charge in [0.1, 0.15) is 5.82 Å². The molecule has 0 radical (unpaired) electrons. The molecular formula is C12H16F3N3. The molecule has 100 valence electrons. The maximum atomic E-state index is 12.7. The second-order valence-corrected chi connectivity index (χ2v) is 4.49. The molecule has 1 aromatic heterocycles. The van der Waals surface area contributed by atoms with Crippen LogP contribution in [0.1, 0.15) is 18.4 Å². The van der Waals surface area contributed by atoms with Gasteiger partial charge in [0.2, 0.25) is 0 Å². The van der Waals surface area contributed by atoms with Gasteiger partial charge in [-0.2, -0.15) is 13.2 Å². The summed E-state index contributed by atoms with van der Waals surface area (Å²) < 4.78 is 38.2. The van der Waals surface area contributed by atoms with Crippen molar-refractivity contribution in [2.75, 3.05) is 25.0 Å². The number of aromatic nitrogens is 1. The Hall–Kier alpha value is -1.30. The van der Waals surface area contributed by atoms with Crippen LogP contribution in [0.25, 0.3) is 0 Å². The fourth-order valence-corrected chi connectivity index (χ4v) is 2.11. The number of nitrogens with zero attached hydrogens (tertiary/aromatic N) is 1. The number of halogens is 3. The summed E-state index contributed by atoms with van der Waals surface area (Å²) in [5, 5.41) is 6.05. The first-order valence-corrected chi connectivity index (χ1v) is 6.04. The summed E-state index contributed by atoms with van der Waals surface area (Å²) in [7, 11) is 0. The summed E-state index contributed by atoms with van der Waals surface area (Å²) in [4.78, 5) is 3.78. The van der Waals surface area contributed by atoms with Crippen LogP contribution in [0.5, 0.6) is 0 Å². The fraction of sp³-hybridized carbons (Fsp3) is 0.583. The first kappa shape index (κ1) is 13.1. The lowest BCUT2D eigenvalue weighted by Crippen LogP contribution is -2.33. The highest BCUT2D eigenvalue weighted by molar-refractivity contribution is 5.45. The Kier molecular flexibility index (Phi) is 4.06. The second-order valence-electron chi connectivity index (χ2n) is 4.49. The number of pyridine rings is 1. The quantitative estimate of drug-likeness (QED) is 0.875. The van der Waals surface area contributed by atoms with Crippen molar-refractivity contribution in [1.29, 1.82) is 0 Å². The zero-order valence-electron chi connectivity index (χ0n) is 9.93. The van der Waals surface area contributed by atoms with Crippen LogP contribution in [0, 0.1) is 5.92 Å². The van der Waals surface area contributed by atoms with Gasteiger partial charge in [-0.3, -0.25) is 0 Å². The molecule has 0 bridgehead atoms. The van der Waals surface area contributed by atoms with E-state index < -0.39 is 11.7 Å². The van der Waals surface area contributed by atoms with Crippen molar-refractivity contribution in [3.63, 3.8) is 0 Å². The number of hydrogen-bond donors (Lipinski definition) is 2. The molecule has 1 aliphatic heterocycles. The Bertz CT molecular complexity index is 386. The number of rotatable bonds is 3. The van der Waals surface area contributed by atoms with Crippen LogP contribution < -0.4 is 10.6 Å². The molecule has 1 unspecified atom stereocenters. The topological polar surface area (TPSA) is 37.0 Å². The SMILES string of the molecule is FC(F)(F)c1cccnc1NCC1CCCNC1. The largest absolute Gasteiger partial charge is 0.419 e. The minimum Gasteiger partial charge on any atom is -0.369 e. The lowest BCUT2D eigenvalue weighted by atomic mass is 10.00. The molecule has 18 heavy (non-hydrogen) atoms. The normalized spacial score (nSPS) is 20.7. The van der Waals surface area contributed by atoms with E-state index in [9.17, 15) is 13.2 Å². The summed E-state index contributed by atoms with van der Waals surface area (Å²) in [6.07, 6.45) is -0.882. The maximum Gasteiger partial charge on any atom is 0.419 e. The molecule has 6 heteroatoms. The molecule has 1 atom stereocenters. The number of alkyl halides is 3. The van der Waals surface area contributed by atoms with Crippen LogP contribution >= 0.6 is 0 Å². The molecule has 2 heterocycles. The van der Waals surface area contributed by atoms with E-state index >= 15 is 0 Å². The van der Waals surface area contributed by atoms with E-state index in [4.69, 9.17) is 0 Å². The molecule has 2 N–H and O–H groups in total. The highest BCUT2D eigenvalue weighted by Gasteiger charge is 2.34. The number of nitrogens with one attached hydrogen (secondary N) is 2. The lowest BCUT2D eigenvalue weighted by molar-refractivity contribution is -0.137. The van der Waals surface area contributed by atoms with E-state index in [1.165, 1.54) is 12.3 Å². The van der Waals surface area contributed by atoms with E-state index in [2.05, 4.69) is 15.6 Å². The smallest absolute Gasteiger partial charge is 0.369 e. The molecule has 0 aromatic carbocycles. The predicted molar refractivity (Wildman–Crippen MR) is 63.3 cm³/mol. The molecular weight excluding hydrogens is 243 g/mol. The highest BCUT2D eigenvalue weighted by atomic mass is 19.4. The van der Waals surface area contributed by atoms with Gasteiger partial charge >= 0.3 is 6.18 Å². The number of hydrogen-bond acceptors (Lipinski definition) is 3. The third-order valence-electron chi connectivity index (χ3n) is 3.07. The third kappa shape index (κ3) is 3.35. The zero-order valence-corrected chi connectivity index (χ0v) is 9.93. The van der Waals surface area contributed by atoms with Gasteiger partial charge < -0.3 is 10.6 Å². The molecule has 1 fully saturated rings. The molecule has 1 saturated heterocycles. The Balaban J connectivity index is 2.00. The van der Waals surface area contributed by atoms with Crippen LogP contribution in [-0.2, 0) is 6.18 Å². The van der Waals surface area contributed by atoms with Crippen molar-refractivity contribution < 1.29 is 13.2 Å². The highest BCUT2D eigenvalue weighted by Crippen LogP contribution is 2.33. The van der Waals surface area contributed by atoms with Crippen molar-refractivity contribution in [2.45, 2.75) is 19.0 Å². The lowest BCUT2D eigenvalue weighted by Gasteiger charge is -2.23. The van der Waals surface area contributed by atoms with Gasteiger partial charge in [0.15, 0.2) is 0 Å². The Morgan fingerprint density at radius 1 is 1.44 bits per heavy atom. The van der Waals surface area contributed by atoms with Gasteiger partial charge in [-0.05, 0) is 44.0 Å². The van der Waals surface area contributed by atoms with Gasteiger partial charge in [0, 0.05) is 12.7 Å². The average molecular weight is 259 g/mol. The first-order valence-electron chi connectivity index (χ1n) is 6.04. The molecule has 1 aliphatic rings. The van der Waals surface area contributed by atoms with Crippen molar-refractivity contribution in [3.05, 3.63) is 23.9 Å². The molecule has 2 rings (SSSR count). The van der Waals surface area contributed by atoms with Gasteiger partial charge in [0.05, 0.1) is 5.56 Å². The minimum atomic E-state index is -4.36. The monoisotopic (exact) mass is 259 g/mol. The molecule has 0 spiro atoms. The van der Waals surface area contributed by atoms with Gasteiger partial charge in [0.25, 0.3) is 0 Å². The summed E-state index contributed by atoms with van der Waals surface area (Å²) >= 11 is 0. The van der Waals surface area contributed by atoms with E-state index in [0.29, 0.717) is 12.5 Å². The maximum absolute atomic E-state index is 12.7. The number of anilines is 1. The van der Waals surface area contributed by atoms with Crippen LogP contribution in [0.3, 0.4) is 0 Å². The molecule has 0 aliphatic carbocycles. The Morgan fingerprint density at radius 2 is 2.28 bits per heavy atom. The van der Waals surface area contributed by atoms with Crippen molar-refractivity contribution in [3.8, 4) is 0 Å². The van der Waals surface area contributed by atoms with E-state index in [-0.39, 0.29) is 5.82 Å². The van der Waals surface area contributed by atoms with Crippen LogP contribution in [0.4, 0.5) is 19.0 Å². The first-order chi connectivity index (χ1) is 8.57. The van der Waals surface area contributed by atoms with Gasteiger partial charge in [-0.1, -0.05) is 0 Å². The molecule has 0 amide bonds. The van der Waals surface area contributed by atoms with Crippen LogP contribution in [-0.4, -0.2) is 24.6 Å². The van der Waals surface area contributed by atoms with E-state index in [0.717, 1.165) is 32.0 Å². The predicted octanol–water partition coefficient (Wildman–Crippen LogP) is 2.51. The van der Waals surface area contributed by atoms with Crippen molar-refractivity contribution in [2.24, 2.45) is 5.92 Å². The molecule has 0 saturated carbocycles. The zero-order chi connectivity index (χ0) is 13.0. The minimum absolute atomic E-state index is 0.0735.